The van der Waals surface area contributed by atoms with Gasteiger partial charge in [-0.1, -0.05) is 96.7 Å². The summed E-state index contributed by atoms with van der Waals surface area (Å²) in [4.78, 5) is 20.4. The highest BCUT2D eigenvalue weighted by Gasteiger charge is 2.25. The highest BCUT2D eigenvalue weighted by molar-refractivity contribution is 8.00. The number of aromatic nitrogens is 4. The van der Waals surface area contributed by atoms with Gasteiger partial charge in [0.25, 0.3) is 0 Å². The number of nitrogens with one attached hydrogen (secondary N) is 1. The van der Waals surface area contributed by atoms with Crippen molar-refractivity contribution in [2.24, 2.45) is 0 Å². The van der Waals surface area contributed by atoms with Gasteiger partial charge in [-0.15, -0.1) is 0 Å². The molecule has 1 aliphatic rings. The van der Waals surface area contributed by atoms with E-state index < -0.39 is 0 Å². The molecule has 2 aromatic heterocycles. The van der Waals surface area contributed by atoms with Gasteiger partial charge in [-0.05, 0) is 29.7 Å². The molecule has 1 atom stereocenters. The quantitative estimate of drug-likeness (QED) is 0.271. The number of pyridine rings is 1. The predicted molar refractivity (Wildman–Crippen MR) is 150 cm³/mol. The van der Waals surface area contributed by atoms with Crippen LogP contribution in [0.3, 0.4) is 0 Å². The molecule has 0 amide bonds. The second kappa shape index (κ2) is 9.15. The highest BCUT2D eigenvalue weighted by Crippen LogP contribution is 2.49. The minimum absolute atomic E-state index is 0.0806. The number of rotatable bonds is 4. The maximum atomic E-state index is 4.90. The Balaban J connectivity index is 1.36. The van der Waals surface area contributed by atoms with Crippen molar-refractivity contribution in [2.75, 3.05) is 5.32 Å². The summed E-state index contributed by atoms with van der Waals surface area (Å²) in [6.07, 6.45) is 1.84. The van der Waals surface area contributed by atoms with Crippen molar-refractivity contribution in [3.05, 3.63) is 121 Å². The van der Waals surface area contributed by atoms with Crippen LogP contribution in [0.5, 0.6) is 0 Å². The molecule has 5 nitrogen and oxygen atoms in total. The third-order valence-electron chi connectivity index (χ3n) is 6.42. The van der Waals surface area contributed by atoms with Crippen LogP contribution >= 0.6 is 11.8 Å². The normalized spacial score (nSPS) is 14.3. The molecular weight excluding hydrogens is 474 g/mol. The minimum Gasteiger partial charge on any atom is -0.367 e. The van der Waals surface area contributed by atoms with E-state index >= 15 is 0 Å². The molecule has 0 radical (unpaired) electrons. The van der Waals surface area contributed by atoms with Crippen molar-refractivity contribution >= 4 is 28.2 Å². The molecule has 0 saturated heterocycles. The third kappa shape index (κ3) is 4.11. The lowest BCUT2D eigenvalue weighted by molar-refractivity contribution is 1.04. The van der Waals surface area contributed by atoms with Crippen molar-refractivity contribution in [2.45, 2.75) is 10.3 Å². The molecule has 6 aromatic rings. The van der Waals surface area contributed by atoms with E-state index in [1.807, 2.05) is 79.0 Å². The van der Waals surface area contributed by atoms with E-state index in [-0.39, 0.29) is 5.37 Å². The van der Waals surface area contributed by atoms with Crippen molar-refractivity contribution in [3.63, 3.8) is 0 Å². The summed E-state index contributed by atoms with van der Waals surface area (Å²) >= 11 is 1.79. The van der Waals surface area contributed by atoms with Gasteiger partial charge in [-0.3, -0.25) is 4.98 Å². The van der Waals surface area contributed by atoms with E-state index in [4.69, 9.17) is 15.0 Å². The molecule has 7 rings (SSSR count). The third-order valence-corrected chi connectivity index (χ3v) is 7.61. The first-order valence-electron chi connectivity index (χ1n) is 12.1. The molecule has 0 aliphatic carbocycles. The van der Waals surface area contributed by atoms with E-state index in [0.29, 0.717) is 17.5 Å². The standard InChI is InChI=1S/C31H21N5S/c1-3-9-21(10-4-1)28-34-29(22-11-5-2-6-12-22)36-30(35-28)23-15-14-20-16-17-26-27(24(20)19-23)33-31(37-26)25-13-7-8-18-32-25/h1-19,31,33H. The Labute approximate surface area is 218 Å². The van der Waals surface area contributed by atoms with Gasteiger partial charge in [-0.2, -0.15) is 0 Å². The topological polar surface area (TPSA) is 63.6 Å². The van der Waals surface area contributed by atoms with E-state index in [1.165, 1.54) is 4.90 Å². The molecule has 0 bridgehead atoms. The van der Waals surface area contributed by atoms with Gasteiger partial charge in [0.05, 0.1) is 11.4 Å². The molecule has 0 spiro atoms. The van der Waals surface area contributed by atoms with E-state index in [9.17, 15) is 0 Å². The molecule has 4 aromatic carbocycles. The maximum Gasteiger partial charge on any atom is 0.164 e. The Morgan fingerprint density at radius 1 is 0.595 bits per heavy atom. The average Bonchev–Trinajstić information content (AvgIpc) is 3.43. The number of hydrogen-bond donors (Lipinski definition) is 1. The van der Waals surface area contributed by atoms with Crippen LogP contribution in [0, 0.1) is 0 Å². The molecular formula is C31H21N5S. The summed E-state index contributed by atoms with van der Waals surface area (Å²) in [5.74, 6) is 1.97. The molecule has 3 heterocycles. The lowest BCUT2D eigenvalue weighted by Crippen LogP contribution is -2.03. The van der Waals surface area contributed by atoms with Gasteiger partial charge in [0.15, 0.2) is 17.5 Å². The van der Waals surface area contributed by atoms with Crippen LogP contribution in [-0.2, 0) is 0 Å². The number of thioether (sulfide) groups is 1. The van der Waals surface area contributed by atoms with Crippen LogP contribution in [-0.4, -0.2) is 19.9 Å². The van der Waals surface area contributed by atoms with Gasteiger partial charge in [0.2, 0.25) is 0 Å². The SMILES string of the molecule is c1ccc(-c2nc(-c3ccccc3)nc(-c3ccc4ccc5c(c4c3)NC(c3ccccn3)S5)n2)cc1. The number of benzene rings is 4. The summed E-state index contributed by atoms with van der Waals surface area (Å²) in [6.45, 7) is 0. The van der Waals surface area contributed by atoms with Crippen LogP contribution in [0.4, 0.5) is 5.69 Å². The number of fused-ring (bicyclic) bond motifs is 3. The molecule has 1 unspecified atom stereocenters. The first kappa shape index (κ1) is 21.7. The van der Waals surface area contributed by atoms with Crippen LogP contribution in [0.2, 0.25) is 0 Å². The first-order valence-corrected chi connectivity index (χ1v) is 13.0. The Morgan fingerprint density at radius 3 is 1.86 bits per heavy atom. The summed E-state index contributed by atoms with van der Waals surface area (Å²) < 4.78 is 0. The van der Waals surface area contributed by atoms with Crippen molar-refractivity contribution in [1.82, 2.24) is 19.9 Å². The summed E-state index contributed by atoms with van der Waals surface area (Å²) in [5.41, 5.74) is 5.01. The zero-order valence-electron chi connectivity index (χ0n) is 19.7. The van der Waals surface area contributed by atoms with E-state index in [1.54, 1.807) is 11.8 Å². The molecule has 0 saturated carbocycles. The van der Waals surface area contributed by atoms with Gasteiger partial charge in [0.1, 0.15) is 5.37 Å². The van der Waals surface area contributed by atoms with Crippen molar-refractivity contribution < 1.29 is 0 Å². The first-order chi connectivity index (χ1) is 18.3. The monoisotopic (exact) mass is 495 g/mol. The predicted octanol–water partition coefficient (Wildman–Crippen LogP) is 7.64. The Kier molecular flexibility index (Phi) is 5.37. The minimum atomic E-state index is 0.0806. The summed E-state index contributed by atoms with van der Waals surface area (Å²) in [7, 11) is 0. The molecule has 37 heavy (non-hydrogen) atoms. The zero-order valence-corrected chi connectivity index (χ0v) is 20.6. The molecule has 0 fully saturated rings. The Bertz CT molecular complexity index is 1670. The number of anilines is 1. The number of hydrogen-bond acceptors (Lipinski definition) is 6. The lowest BCUT2D eigenvalue weighted by atomic mass is 10.0. The summed E-state index contributed by atoms with van der Waals surface area (Å²) in [5, 5.41) is 6.08. The van der Waals surface area contributed by atoms with Crippen molar-refractivity contribution in [3.8, 4) is 34.2 Å². The van der Waals surface area contributed by atoms with Gasteiger partial charge in [-0.25, -0.2) is 15.0 Å². The fraction of sp³-hybridized carbons (Fsp3) is 0.0323. The molecule has 176 valence electrons. The van der Waals surface area contributed by atoms with Crippen LogP contribution < -0.4 is 5.32 Å². The second-order valence-electron chi connectivity index (χ2n) is 8.81. The smallest absolute Gasteiger partial charge is 0.164 e. The van der Waals surface area contributed by atoms with E-state index in [2.05, 4.69) is 46.7 Å². The van der Waals surface area contributed by atoms with Crippen LogP contribution in [0.1, 0.15) is 11.1 Å². The maximum absolute atomic E-state index is 4.90. The summed E-state index contributed by atoms with van der Waals surface area (Å²) in [6, 6.07) is 36.9. The van der Waals surface area contributed by atoms with Gasteiger partial charge >= 0.3 is 0 Å². The molecule has 6 heteroatoms. The fourth-order valence-electron chi connectivity index (χ4n) is 4.58. The van der Waals surface area contributed by atoms with Crippen molar-refractivity contribution in [1.29, 1.82) is 0 Å². The van der Waals surface area contributed by atoms with Crippen LogP contribution in [0.25, 0.3) is 44.9 Å². The fourth-order valence-corrected chi connectivity index (χ4v) is 5.70. The Hall–Kier alpha value is -4.55. The number of nitrogens with zero attached hydrogens (tertiary/aromatic N) is 4. The molecule has 1 aliphatic heterocycles. The van der Waals surface area contributed by atoms with E-state index in [0.717, 1.165) is 38.8 Å². The Morgan fingerprint density at radius 2 is 1.22 bits per heavy atom. The van der Waals surface area contributed by atoms with Crippen LogP contribution in [0.15, 0.2) is 120 Å². The largest absolute Gasteiger partial charge is 0.367 e. The lowest BCUT2D eigenvalue weighted by Gasteiger charge is -2.11. The highest BCUT2D eigenvalue weighted by atomic mass is 32.2. The van der Waals surface area contributed by atoms with Gasteiger partial charge < -0.3 is 5.32 Å². The molecule has 1 N–H and O–H groups in total. The van der Waals surface area contributed by atoms with Gasteiger partial charge in [0, 0.05) is 33.2 Å². The second-order valence-corrected chi connectivity index (χ2v) is 9.96. The zero-order chi connectivity index (χ0) is 24.6. The average molecular weight is 496 g/mol.